The van der Waals surface area contributed by atoms with Crippen molar-refractivity contribution in [2.75, 3.05) is 11.4 Å². The molecule has 0 spiro atoms. The summed E-state index contributed by atoms with van der Waals surface area (Å²) >= 11 is 0. The van der Waals surface area contributed by atoms with Gasteiger partial charge in [-0.15, -0.1) is 5.10 Å². The second-order valence-electron chi connectivity index (χ2n) is 8.11. The van der Waals surface area contributed by atoms with Crippen molar-refractivity contribution in [1.29, 1.82) is 0 Å². The van der Waals surface area contributed by atoms with Gasteiger partial charge in [-0.05, 0) is 48.6 Å². The number of para-hydroxylation sites is 1. The topological polar surface area (TPSA) is 80.1 Å². The highest BCUT2D eigenvalue weighted by atomic mass is 16.2. The van der Waals surface area contributed by atoms with Crippen LogP contribution in [0.2, 0.25) is 0 Å². The summed E-state index contributed by atoms with van der Waals surface area (Å²) in [6.07, 6.45) is 1.47. The van der Waals surface area contributed by atoms with Crippen LogP contribution in [0.15, 0.2) is 48.5 Å². The number of aromatic nitrogens is 3. The van der Waals surface area contributed by atoms with Crippen LogP contribution in [-0.4, -0.2) is 33.1 Å². The first-order valence-electron chi connectivity index (χ1n) is 10.6. The Kier molecular flexibility index (Phi) is 5.84. The molecule has 0 bridgehead atoms. The number of amides is 2. The Labute approximate surface area is 182 Å². The summed E-state index contributed by atoms with van der Waals surface area (Å²) in [5.74, 6) is 0.946. The number of carbonyl (C=O) groups is 2. The van der Waals surface area contributed by atoms with Crippen LogP contribution >= 0.6 is 0 Å². The second-order valence-corrected chi connectivity index (χ2v) is 8.11. The fourth-order valence-electron chi connectivity index (χ4n) is 3.90. The maximum atomic E-state index is 12.7. The molecule has 1 saturated heterocycles. The van der Waals surface area contributed by atoms with E-state index in [4.69, 9.17) is 0 Å². The van der Waals surface area contributed by atoms with Gasteiger partial charge in [-0.2, -0.15) is 0 Å². The number of nitrogens with zero attached hydrogens (tertiary/aromatic N) is 4. The summed E-state index contributed by atoms with van der Waals surface area (Å²) in [5.41, 5.74) is 3.88. The zero-order valence-corrected chi connectivity index (χ0v) is 18.1. The molecule has 1 fully saturated rings. The first kappa shape index (κ1) is 20.8. The number of benzene rings is 2. The molecule has 0 radical (unpaired) electrons. The minimum Gasteiger partial charge on any atom is -0.345 e. The maximum Gasteiger partial charge on any atom is 0.291 e. The molecule has 2 aromatic carbocycles. The smallest absolute Gasteiger partial charge is 0.291 e. The second kappa shape index (κ2) is 8.71. The van der Waals surface area contributed by atoms with Gasteiger partial charge in [0.2, 0.25) is 11.7 Å². The Morgan fingerprint density at radius 3 is 2.71 bits per heavy atom. The number of carbonyl (C=O) groups excluding carboxylic acids is 2. The van der Waals surface area contributed by atoms with Crippen LogP contribution in [0.5, 0.6) is 0 Å². The van der Waals surface area contributed by atoms with E-state index in [1.807, 2.05) is 49.4 Å². The third kappa shape index (κ3) is 4.35. The molecule has 31 heavy (non-hydrogen) atoms. The van der Waals surface area contributed by atoms with Crippen molar-refractivity contribution in [2.24, 2.45) is 0 Å². The van der Waals surface area contributed by atoms with Crippen LogP contribution in [0.25, 0.3) is 5.69 Å². The first-order valence-corrected chi connectivity index (χ1v) is 10.6. The highest BCUT2D eigenvalue weighted by Gasteiger charge is 2.22. The van der Waals surface area contributed by atoms with Crippen LogP contribution in [0, 0.1) is 6.92 Å². The summed E-state index contributed by atoms with van der Waals surface area (Å²) in [6, 6.07) is 15.7. The average Bonchev–Trinajstić information content (AvgIpc) is 3.37. The highest BCUT2D eigenvalue weighted by Crippen LogP contribution is 2.24. The van der Waals surface area contributed by atoms with Crippen molar-refractivity contribution in [2.45, 2.75) is 46.1 Å². The fourth-order valence-corrected chi connectivity index (χ4v) is 3.90. The maximum absolute atomic E-state index is 12.7. The molecule has 0 unspecified atom stereocenters. The van der Waals surface area contributed by atoms with Gasteiger partial charge in [0.05, 0.1) is 5.69 Å². The van der Waals surface area contributed by atoms with Gasteiger partial charge in [-0.1, -0.05) is 44.2 Å². The summed E-state index contributed by atoms with van der Waals surface area (Å²) in [5, 5.41) is 7.36. The molecule has 160 valence electrons. The van der Waals surface area contributed by atoms with Crippen LogP contribution in [0.4, 0.5) is 5.69 Å². The van der Waals surface area contributed by atoms with Crippen molar-refractivity contribution >= 4 is 17.5 Å². The van der Waals surface area contributed by atoms with Gasteiger partial charge in [0.1, 0.15) is 5.82 Å². The minimum atomic E-state index is -0.327. The lowest BCUT2D eigenvalue weighted by Gasteiger charge is -2.16. The number of anilines is 1. The third-order valence-electron chi connectivity index (χ3n) is 5.51. The lowest BCUT2D eigenvalue weighted by atomic mass is 10.0. The molecule has 4 rings (SSSR count). The number of nitrogens with one attached hydrogen (secondary N) is 1. The quantitative estimate of drug-likeness (QED) is 0.662. The SMILES string of the molecule is Cc1nc(C(=O)NCc2cccc(N3CCCC3=O)c2)nn1-c1ccccc1C(C)C. The largest absolute Gasteiger partial charge is 0.345 e. The molecule has 1 N–H and O–H groups in total. The Hall–Kier alpha value is -3.48. The molecule has 1 aliphatic rings. The first-order chi connectivity index (χ1) is 14.9. The van der Waals surface area contributed by atoms with E-state index in [0.29, 0.717) is 24.7 Å². The molecule has 0 saturated carbocycles. The molecule has 0 aliphatic carbocycles. The van der Waals surface area contributed by atoms with Crippen molar-refractivity contribution in [3.05, 3.63) is 71.3 Å². The van der Waals surface area contributed by atoms with Crippen LogP contribution in [0.1, 0.15) is 60.2 Å². The highest BCUT2D eigenvalue weighted by molar-refractivity contribution is 5.95. The van der Waals surface area contributed by atoms with Gasteiger partial charge in [-0.3, -0.25) is 9.59 Å². The Balaban J connectivity index is 1.48. The van der Waals surface area contributed by atoms with Crippen molar-refractivity contribution in [1.82, 2.24) is 20.1 Å². The number of rotatable bonds is 6. The third-order valence-corrected chi connectivity index (χ3v) is 5.51. The predicted octanol–water partition coefficient (Wildman–Crippen LogP) is 3.76. The zero-order valence-electron chi connectivity index (χ0n) is 18.1. The molecule has 7 heteroatoms. The Bertz CT molecular complexity index is 1120. The van der Waals surface area contributed by atoms with Gasteiger partial charge in [0.25, 0.3) is 5.91 Å². The van der Waals surface area contributed by atoms with Gasteiger partial charge >= 0.3 is 0 Å². The summed E-state index contributed by atoms with van der Waals surface area (Å²) < 4.78 is 1.73. The van der Waals surface area contributed by atoms with Crippen LogP contribution in [0.3, 0.4) is 0 Å². The van der Waals surface area contributed by atoms with E-state index < -0.39 is 0 Å². The van der Waals surface area contributed by atoms with Crippen molar-refractivity contribution < 1.29 is 9.59 Å². The molecular weight excluding hydrogens is 390 g/mol. The van der Waals surface area contributed by atoms with E-state index in [2.05, 4.69) is 35.3 Å². The number of hydrogen-bond acceptors (Lipinski definition) is 4. The molecule has 2 amide bonds. The standard InChI is InChI=1S/C24H27N5O2/c1-16(2)20-10-4-5-11-21(20)29-17(3)26-23(27-29)24(31)25-15-18-8-6-9-19(14-18)28-13-7-12-22(28)30/h4-6,8-11,14,16H,7,12-13,15H2,1-3H3,(H,25,31). The lowest BCUT2D eigenvalue weighted by Crippen LogP contribution is -2.25. The molecular formula is C24H27N5O2. The average molecular weight is 418 g/mol. The predicted molar refractivity (Wildman–Crippen MR) is 119 cm³/mol. The van der Waals surface area contributed by atoms with E-state index >= 15 is 0 Å². The van der Waals surface area contributed by atoms with Crippen molar-refractivity contribution in [3.63, 3.8) is 0 Å². The van der Waals surface area contributed by atoms with Crippen LogP contribution < -0.4 is 10.2 Å². The fraction of sp³-hybridized carbons (Fsp3) is 0.333. The normalized spacial score (nSPS) is 13.8. The van der Waals surface area contributed by atoms with Gasteiger partial charge in [0, 0.05) is 25.2 Å². The van der Waals surface area contributed by atoms with E-state index in [-0.39, 0.29) is 17.6 Å². The molecule has 7 nitrogen and oxygen atoms in total. The zero-order chi connectivity index (χ0) is 22.0. The van der Waals surface area contributed by atoms with Gasteiger partial charge < -0.3 is 10.2 Å². The van der Waals surface area contributed by atoms with Gasteiger partial charge in [-0.25, -0.2) is 9.67 Å². The Morgan fingerprint density at radius 2 is 1.97 bits per heavy atom. The molecule has 2 heterocycles. The molecule has 1 aliphatic heterocycles. The summed E-state index contributed by atoms with van der Waals surface area (Å²) in [4.78, 5) is 30.9. The lowest BCUT2D eigenvalue weighted by molar-refractivity contribution is -0.117. The molecule has 1 aromatic heterocycles. The Morgan fingerprint density at radius 1 is 1.16 bits per heavy atom. The monoisotopic (exact) mass is 417 g/mol. The molecule has 0 atom stereocenters. The minimum absolute atomic E-state index is 0.141. The molecule has 3 aromatic rings. The summed E-state index contributed by atoms with van der Waals surface area (Å²) in [7, 11) is 0. The van der Waals surface area contributed by atoms with E-state index in [0.717, 1.165) is 35.5 Å². The summed E-state index contributed by atoms with van der Waals surface area (Å²) in [6.45, 7) is 7.18. The van der Waals surface area contributed by atoms with E-state index in [1.54, 1.807) is 9.58 Å². The van der Waals surface area contributed by atoms with E-state index in [1.165, 1.54) is 0 Å². The van der Waals surface area contributed by atoms with E-state index in [9.17, 15) is 9.59 Å². The van der Waals surface area contributed by atoms with Crippen LogP contribution in [-0.2, 0) is 11.3 Å². The number of aryl methyl sites for hydroxylation is 1. The number of hydrogen-bond donors (Lipinski definition) is 1. The van der Waals surface area contributed by atoms with Crippen molar-refractivity contribution in [3.8, 4) is 5.69 Å². The van der Waals surface area contributed by atoms with Gasteiger partial charge in [0.15, 0.2) is 0 Å².